The van der Waals surface area contributed by atoms with Gasteiger partial charge < -0.3 is 5.32 Å². The molecule has 3 aromatic rings. The highest BCUT2D eigenvalue weighted by Gasteiger charge is 2.40. The number of thioether (sulfide) groups is 1. The minimum absolute atomic E-state index is 0.0346. The summed E-state index contributed by atoms with van der Waals surface area (Å²) >= 11 is 1.18. The van der Waals surface area contributed by atoms with Crippen molar-refractivity contribution in [2.75, 3.05) is 10.2 Å². The normalized spacial score (nSPS) is 16.9. The lowest BCUT2D eigenvalue weighted by atomic mass is 10.1. The first-order chi connectivity index (χ1) is 16.0. The Balaban J connectivity index is 1.72. The average Bonchev–Trinajstić information content (AvgIpc) is 3.13. The fourth-order valence-electron chi connectivity index (χ4n) is 3.48. The number of para-hydroxylation sites is 2. The number of benzene rings is 3. The quantitative estimate of drug-likeness (QED) is 0.422. The molecule has 4 rings (SSSR count). The Morgan fingerprint density at radius 2 is 1.73 bits per heavy atom. The molecule has 1 aliphatic rings. The Labute approximate surface area is 195 Å². The zero-order valence-corrected chi connectivity index (χ0v) is 18.6. The van der Waals surface area contributed by atoms with E-state index in [9.17, 15) is 19.2 Å². The topological polar surface area (TPSA) is 73.2 Å². The predicted molar refractivity (Wildman–Crippen MR) is 128 cm³/mol. The summed E-state index contributed by atoms with van der Waals surface area (Å²) in [4.78, 5) is 27.8. The molecule has 1 N–H and O–H groups in total. The number of nitriles is 1. The van der Waals surface area contributed by atoms with Gasteiger partial charge in [-0.3, -0.25) is 14.5 Å². The molecule has 1 fully saturated rings. The minimum Gasteiger partial charge on any atom is -0.319 e. The van der Waals surface area contributed by atoms with Crippen LogP contribution in [0.1, 0.15) is 11.1 Å². The van der Waals surface area contributed by atoms with Crippen molar-refractivity contribution in [3.63, 3.8) is 0 Å². The Bertz CT molecular complexity index is 1270. The summed E-state index contributed by atoms with van der Waals surface area (Å²) < 4.78 is 14.0. The number of carbonyl (C=O) groups is 2. The standard InChI is InChI=1S/C26H20FN3O2S/c1-17-11-13-18(14-12-17)15-23-25(32)30(19-7-3-2-4-8-19)26(33-23)20(16-28)24(31)29-22-10-6-5-9-21(22)27/h2-14,23H,15H2,1H3,(H,29,31)/b26-20-/t23-/m0/s1. The summed E-state index contributed by atoms with van der Waals surface area (Å²) in [6.07, 6.45) is 0.449. The highest BCUT2D eigenvalue weighted by molar-refractivity contribution is 8.05. The number of anilines is 2. The molecule has 1 aliphatic heterocycles. The van der Waals surface area contributed by atoms with E-state index in [-0.39, 0.29) is 22.2 Å². The van der Waals surface area contributed by atoms with Crippen LogP contribution in [-0.2, 0) is 16.0 Å². The van der Waals surface area contributed by atoms with Gasteiger partial charge in [-0.25, -0.2) is 4.39 Å². The van der Waals surface area contributed by atoms with E-state index in [1.807, 2.05) is 43.3 Å². The van der Waals surface area contributed by atoms with E-state index in [0.717, 1.165) is 11.1 Å². The smallest absolute Gasteiger partial charge is 0.269 e. The number of amides is 2. The van der Waals surface area contributed by atoms with Crippen molar-refractivity contribution in [2.24, 2.45) is 0 Å². The van der Waals surface area contributed by atoms with Gasteiger partial charge in [0, 0.05) is 5.69 Å². The molecule has 3 aromatic carbocycles. The zero-order chi connectivity index (χ0) is 23.4. The molecule has 0 aromatic heterocycles. The van der Waals surface area contributed by atoms with Gasteiger partial charge in [0.1, 0.15) is 22.5 Å². The molecule has 2 amide bonds. The second-order valence-electron chi connectivity index (χ2n) is 7.53. The molecule has 5 nitrogen and oxygen atoms in total. The molecular formula is C26H20FN3O2S. The maximum absolute atomic E-state index is 14.0. The highest BCUT2D eigenvalue weighted by atomic mass is 32.2. The number of aryl methyl sites for hydroxylation is 1. The van der Waals surface area contributed by atoms with E-state index in [2.05, 4.69) is 5.32 Å². The molecule has 164 valence electrons. The van der Waals surface area contributed by atoms with Crippen molar-refractivity contribution in [1.29, 1.82) is 5.26 Å². The van der Waals surface area contributed by atoms with Crippen LogP contribution in [0.25, 0.3) is 0 Å². The van der Waals surface area contributed by atoms with Gasteiger partial charge in [0.25, 0.3) is 5.91 Å². The molecule has 0 bridgehead atoms. The Morgan fingerprint density at radius 1 is 1.06 bits per heavy atom. The van der Waals surface area contributed by atoms with Gasteiger partial charge in [-0.15, -0.1) is 0 Å². The SMILES string of the molecule is Cc1ccc(C[C@@H]2S/C(=C(/C#N)C(=O)Nc3ccccc3F)N(c3ccccc3)C2=O)cc1. The summed E-state index contributed by atoms with van der Waals surface area (Å²) in [6.45, 7) is 1.99. The number of halogens is 1. The van der Waals surface area contributed by atoms with Gasteiger partial charge in [0.05, 0.1) is 10.9 Å². The maximum Gasteiger partial charge on any atom is 0.269 e. The third-order valence-electron chi connectivity index (χ3n) is 5.18. The highest BCUT2D eigenvalue weighted by Crippen LogP contribution is 2.42. The van der Waals surface area contributed by atoms with Crippen LogP contribution in [0.2, 0.25) is 0 Å². The van der Waals surface area contributed by atoms with Crippen LogP contribution in [0.4, 0.5) is 15.8 Å². The van der Waals surface area contributed by atoms with Crippen LogP contribution in [-0.4, -0.2) is 17.1 Å². The number of carbonyl (C=O) groups excluding carboxylic acids is 2. The van der Waals surface area contributed by atoms with Crippen LogP contribution >= 0.6 is 11.8 Å². The summed E-state index contributed by atoms with van der Waals surface area (Å²) in [6, 6.07) is 24.4. The molecule has 1 atom stereocenters. The van der Waals surface area contributed by atoms with E-state index < -0.39 is 17.0 Å². The molecule has 0 saturated carbocycles. The molecule has 0 radical (unpaired) electrons. The van der Waals surface area contributed by atoms with E-state index >= 15 is 0 Å². The van der Waals surface area contributed by atoms with Gasteiger partial charge >= 0.3 is 0 Å². The molecule has 0 spiro atoms. The first-order valence-electron chi connectivity index (χ1n) is 10.3. The van der Waals surface area contributed by atoms with Gasteiger partial charge in [-0.2, -0.15) is 5.26 Å². The fourth-order valence-corrected chi connectivity index (χ4v) is 4.79. The van der Waals surface area contributed by atoms with Crippen LogP contribution in [0, 0.1) is 24.1 Å². The van der Waals surface area contributed by atoms with Crippen molar-refractivity contribution in [3.8, 4) is 6.07 Å². The fraction of sp³-hybridized carbons (Fsp3) is 0.115. The van der Waals surface area contributed by atoms with Crippen LogP contribution in [0.15, 0.2) is 89.5 Å². The number of hydrogen-bond donors (Lipinski definition) is 1. The molecule has 0 aliphatic carbocycles. The minimum atomic E-state index is -0.769. The molecular weight excluding hydrogens is 437 g/mol. The lowest BCUT2D eigenvalue weighted by Gasteiger charge is -2.18. The van der Waals surface area contributed by atoms with Crippen LogP contribution < -0.4 is 10.2 Å². The van der Waals surface area contributed by atoms with Gasteiger partial charge in [-0.1, -0.05) is 71.9 Å². The van der Waals surface area contributed by atoms with Crippen LogP contribution in [0.3, 0.4) is 0 Å². The van der Waals surface area contributed by atoms with Crippen LogP contribution in [0.5, 0.6) is 0 Å². The van der Waals surface area contributed by atoms with Crippen molar-refractivity contribution >= 4 is 35.0 Å². The lowest BCUT2D eigenvalue weighted by molar-refractivity contribution is -0.117. The van der Waals surface area contributed by atoms with Crippen molar-refractivity contribution in [3.05, 3.63) is 106 Å². The second kappa shape index (κ2) is 9.72. The van der Waals surface area contributed by atoms with Gasteiger partial charge in [-0.05, 0) is 43.2 Å². The van der Waals surface area contributed by atoms with E-state index in [1.54, 1.807) is 30.3 Å². The van der Waals surface area contributed by atoms with E-state index in [0.29, 0.717) is 12.1 Å². The first-order valence-corrected chi connectivity index (χ1v) is 11.2. The zero-order valence-electron chi connectivity index (χ0n) is 17.8. The molecule has 1 saturated heterocycles. The lowest BCUT2D eigenvalue weighted by Crippen LogP contribution is -2.30. The summed E-state index contributed by atoms with van der Waals surface area (Å²) in [5.41, 5.74) is 2.38. The monoisotopic (exact) mass is 457 g/mol. The average molecular weight is 458 g/mol. The molecule has 33 heavy (non-hydrogen) atoms. The third-order valence-corrected chi connectivity index (χ3v) is 6.45. The second-order valence-corrected chi connectivity index (χ2v) is 8.72. The first kappa shape index (κ1) is 22.3. The third kappa shape index (κ3) is 4.81. The van der Waals surface area contributed by atoms with Crippen molar-refractivity contribution in [1.82, 2.24) is 0 Å². The summed E-state index contributed by atoms with van der Waals surface area (Å²) in [7, 11) is 0. The number of hydrogen-bond acceptors (Lipinski definition) is 4. The largest absolute Gasteiger partial charge is 0.319 e. The molecule has 7 heteroatoms. The number of nitrogens with one attached hydrogen (secondary N) is 1. The van der Waals surface area contributed by atoms with Crippen molar-refractivity contribution < 1.29 is 14.0 Å². The maximum atomic E-state index is 14.0. The van der Waals surface area contributed by atoms with E-state index in [4.69, 9.17) is 0 Å². The number of rotatable bonds is 5. The van der Waals surface area contributed by atoms with Gasteiger partial charge in [0.2, 0.25) is 5.91 Å². The van der Waals surface area contributed by atoms with Gasteiger partial charge in [0.15, 0.2) is 0 Å². The molecule has 0 unspecified atom stereocenters. The Morgan fingerprint density at radius 3 is 2.39 bits per heavy atom. The van der Waals surface area contributed by atoms with Crippen molar-refractivity contribution in [2.45, 2.75) is 18.6 Å². The summed E-state index contributed by atoms with van der Waals surface area (Å²) in [5, 5.41) is 12.0. The number of nitrogens with zero attached hydrogens (tertiary/aromatic N) is 2. The predicted octanol–water partition coefficient (Wildman–Crippen LogP) is 5.20. The Kier molecular flexibility index (Phi) is 6.57. The van der Waals surface area contributed by atoms with E-state index in [1.165, 1.54) is 34.9 Å². The summed E-state index contributed by atoms with van der Waals surface area (Å²) in [5.74, 6) is -1.59. The Hall–Kier alpha value is -3.89. The molecule has 1 heterocycles.